The molecule has 0 fully saturated rings. The number of aromatic nitrogens is 2. The fraction of sp³-hybridized carbons (Fsp3) is 0.182. The van der Waals surface area contributed by atoms with Crippen LogP contribution in [-0.4, -0.2) is 41.7 Å². The first-order valence-corrected chi connectivity index (χ1v) is 9.20. The first-order valence-electron chi connectivity index (χ1n) is 9.20. The molecule has 0 saturated heterocycles. The zero-order chi connectivity index (χ0) is 22.7. The second-order valence-electron chi connectivity index (χ2n) is 6.64. The van der Waals surface area contributed by atoms with Crippen LogP contribution in [0.1, 0.15) is 38.9 Å². The number of aromatic amines is 1. The van der Waals surface area contributed by atoms with Crippen LogP contribution in [0.25, 0.3) is 5.69 Å². The number of H-pyrrole nitrogens is 1. The molecule has 0 radical (unpaired) electrons. The second kappa shape index (κ2) is 8.78. The van der Waals surface area contributed by atoms with E-state index in [1.54, 1.807) is 13.8 Å². The Labute approximate surface area is 176 Å². The average Bonchev–Trinajstić information content (AvgIpc) is 3.07. The van der Waals surface area contributed by atoms with Gasteiger partial charge in [0.15, 0.2) is 0 Å². The van der Waals surface area contributed by atoms with Gasteiger partial charge < -0.3 is 9.47 Å². The molecule has 0 aliphatic rings. The van der Waals surface area contributed by atoms with Crippen molar-refractivity contribution in [3.05, 3.63) is 81.0 Å². The Balaban J connectivity index is 2.13. The summed E-state index contributed by atoms with van der Waals surface area (Å²) < 4.78 is 24.0. The topological polar surface area (TPSA) is 103 Å². The largest absolute Gasteiger partial charge is 0.465 e. The van der Waals surface area contributed by atoms with Crippen LogP contribution in [0.15, 0.2) is 52.3 Å². The molecule has 0 aliphatic carbocycles. The van der Waals surface area contributed by atoms with Crippen molar-refractivity contribution < 1.29 is 23.5 Å². The van der Waals surface area contributed by atoms with E-state index >= 15 is 0 Å². The van der Waals surface area contributed by atoms with Crippen molar-refractivity contribution >= 4 is 23.3 Å². The minimum atomic E-state index is -0.641. The number of hydrogen-bond acceptors (Lipinski definition) is 6. The van der Waals surface area contributed by atoms with Crippen molar-refractivity contribution in [2.24, 2.45) is 4.99 Å². The van der Waals surface area contributed by atoms with Crippen molar-refractivity contribution in [1.29, 1.82) is 0 Å². The number of esters is 2. The lowest BCUT2D eigenvalue weighted by atomic mass is 10.1. The Morgan fingerprint density at radius 2 is 1.68 bits per heavy atom. The Bertz CT molecular complexity index is 1240. The van der Waals surface area contributed by atoms with Crippen molar-refractivity contribution in [2.75, 3.05) is 14.2 Å². The molecule has 3 rings (SSSR count). The highest BCUT2D eigenvalue weighted by Crippen LogP contribution is 2.24. The standard InChI is InChI=1S/C22H20FN3O5/c1-12(19-13(2)25-26(20(19)27)16-8-6-15(23)7-9-16)24-18-11-14(21(28)30-3)5-10-17(18)22(29)31-4/h5-11,25H,1-4H3. The zero-order valence-electron chi connectivity index (χ0n) is 17.4. The summed E-state index contributed by atoms with van der Waals surface area (Å²) in [6.07, 6.45) is 0. The van der Waals surface area contributed by atoms with Crippen molar-refractivity contribution in [2.45, 2.75) is 13.8 Å². The number of aliphatic imine (C=N–C) groups is 1. The number of hydrogen-bond donors (Lipinski definition) is 1. The van der Waals surface area contributed by atoms with E-state index in [1.807, 2.05) is 0 Å². The lowest BCUT2D eigenvalue weighted by Gasteiger charge is -2.07. The fourth-order valence-electron chi connectivity index (χ4n) is 3.13. The summed E-state index contributed by atoms with van der Waals surface area (Å²) in [5.41, 5.74) is 1.65. The number of benzene rings is 2. The van der Waals surface area contributed by atoms with Gasteiger partial charge in [0.05, 0.1) is 48.0 Å². The van der Waals surface area contributed by atoms with E-state index in [4.69, 9.17) is 9.47 Å². The number of aryl methyl sites for hydroxylation is 1. The fourth-order valence-corrected chi connectivity index (χ4v) is 3.13. The predicted molar refractivity (Wildman–Crippen MR) is 112 cm³/mol. The molecule has 9 heteroatoms. The summed E-state index contributed by atoms with van der Waals surface area (Å²) in [6.45, 7) is 3.31. The van der Waals surface area contributed by atoms with Crippen LogP contribution < -0.4 is 5.56 Å². The molecule has 2 aromatic carbocycles. The van der Waals surface area contributed by atoms with Crippen LogP contribution in [0.5, 0.6) is 0 Å². The normalized spacial score (nSPS) is 11.3. The Kier molecular flexibility index (Phi) is 6.15. The number of carbonyl (C=O) groups is 2. The maximum atomic E-state index is 13.2. The SMILES string of the molecule is COC(=O)c1ccc(C(=O)OC)c(N=C(C)c2c(C)[nH]n(-c3ccc(F)cc3)c2=O)c1. The van der Waals surface area contributed by atoms with E-state index in [1.165, 1.54) is 61.4 Å². The van der Waals surface area contributed by atoms with E-state index in [2.05, 4.69) is 10.1 Å². The van der Waals surface area contributed by atoms with Gasteiger partial charge in [-0.25, -0.2) is 18.7 Å². The van der Waals surface area contributed by atoms with Crippen LogP contribution in [0.2, 0.25) is 0 Å². The van der Waals surface area contributed by atoms with Gasteiger partial charge in [0.2, 0.25) is 0 Å². The lowest BCUT2D eigenvalue weighted by molar-refractivity contribution is 0.0587. The Morgan fingerprint density at radius 1 is 1.03 bits per heavy atom. The van der Waals surface area contributed by atoms with Crippen LogP contribution in [0, 0.1) is 12.7 Å². The van der Waals surface area contributed by atoms with Gasteiger partial charge in [-0.1, -0.05) is 0 Å². The first-order chi connectivity index (χ1) is 14.8. The van der Waals surface area contributed by atoms with Gasteiger partial charge >= 0.3 is 11.9 Å². The molecule has 0 unspecified atom stereocenters. The molecular weight excluding hydrogens is 405 g/mol. The molecule has 0 spiro atoms. The summed E-state index contributed by atoms with van der Waals surface area (Å²) in [4.78, 5) is 41.5. The average molecular weight is 425 g/mol. The second-order valence-corrected chi connectivity index (χ2v) is 6.64. The molecule has 0 saturated carbocycles. The molecule has 1 aromatic heterocycles. The Morgan fingerprint density at radius 3 is 2.29 bits per heavy atom. The van der Waals surface area contributed by atoms with Gasteiger partial charge in [-0.2, -0.15) is 0 Å². The molecule has 0 bridgehead atoms. The van der Waals surface area contributed by atoms with Crippen molar-refractivity contribution in [3.63, 3.8) is 0 Å². The summed E-state index contributed by atoms with van der Waals surface area (Å²) in [5, 5.41) is 2.94. The quantitative estimate of drug-likeness (QED) is 0.499. The zero-order valence-corrected chi connectivity index (χ0v) is 17.4. The van der Waals surface area contributed by atoms with Crippen LogP contribution >= 0.6 is 0 Å². The number of halogens is 1. The van der Waals surface area contributed by atoms with E-state index in [-0.39, 0.29) is 22.4 Å². The van der Waals surface area contributed by atoms with Gasteiger partial charge in [-0.15, -0.1) is 0 Å². The maximum Gasteiger partial charge on any atom is 0.340 e. The van der Waals surface area contributed by atoms with Gasteiger partial charge in [-0.3, -0.25) is 14.9 Å². The lowest BCUT2D eigenvalue weighted by Crippen LogP contribution is -2.19. The van der Waals surface area contributed by atoms with Crippen LogP contribution in [0.4, 0.5) is 10.1 Å². The highest BCUT2D eigenvalue weighted by molar-refractivity contribution is 6.04. The summed E-state index contributed by atoms with van der Waals surface area (Å²) in [7, 11) is 2.47. The van der Waals surface area contributed by atoms with Crippen molar-refractivity contribution in [3.8, 4) is 5.69 Å². The summed E-state index contributed by atoms with van der Waals surface area (Å²) in [5.74, 6) is -1.65. The molecule has 0 amide bonds. The van der Waals surface area contributed by atoms with Gasteiger partial charge in [0.25, 0.3) is 5.56 Å². The van der Waals surface area contributed by atoms with E-state index in [9.17, 15) is 18.8 Å². The molecule has 31 heavy (non-hydrogen) atoms. The molecule has 3 aromatic rings. The molecule has 0 atom stereocenters. The number of ether oxygens (including phenoxy) is 2. The van der Waals surface area contributed by atoms with Gasteiger partial charge in [0.1, 0.15) is 5.82 Å². The van der Waals surface area contributed by atoms with Crippen LogP contribution in [0.3, 0.4) is 0 Å². The molecule has 1 N–H and O–H groups in total. The van der Waals surface area contributed by atoms with Gasteiger partial charge in [-0.05, 0) is 56.3 Å². The summed E-state index contributed by atoms with van der Waals surface area (Å²) in [6, 6.07) is 9.66. The number of carbonyl (C=O) groups excluding carboxylic acids is 2. The van der Waals surface area contributed by atoms with Gasteiger partial charge in [0, 0.05) is 5.69 Å². The summed E-state index contributed by atoms with van der Waals surface area (Å²) >= 11 is 0. The highest BCUT2D eigenvalue weighted by atomic mass is 19.1. The monoisotopic (exact) mass is 425 g/mol. The Hall–Kier alpha value is -4.01. The molecular formula is C22H20FN3O5. The minimum Gasteiger partial charge on any atom is -0.465 e. The third-order valence-corrected chi connectivity index (χ3v) is 4.63. The molecule has 8 nitrogen and oxygen atoms in total. The van der Waals surface area contributed by atoms with E-state index in [0.717, 1.165) is 0 Å². The number of methoxy groups -OCH3 is 2. The number of rotatable bonds is 5. The van der Waals surface area contributed by atoms with Crippen LogP contribution in [-0.2, 0) is 9.47 Å². The van der Waals surface area contributed by atoms with Crippen molar-refractivity contribution in [1.82, 2.24) is 9.78 Å². The van der Waals surface area contributed by atoms with E-state index in [0.29, 0.717) is 17.1 Å². The molecule has 1 heterocycles. The first kappa shape index (κ1) is 21.7. The smallest absolute Gasteiger partial charge is 0.340 e. The predicted octanol–water partition coefficient (Wildman–Crippen LogP) is 3.33. The third kappa shape index (κ3) is 4.30. The third-order valence-electron chi connectivity index (χ3n) is 4.63. The maximum absolute atomic E-state index is 13.2. The highest BCUT2D eigenvalue weighted by Gasteiger charge is 2.19. The molecule has 0 aliphatic heterocycles. The number of nitrogens with zero attached hydrogens (tertiary/aromatic N) is 2. The van der Waals surface area contributed by atoms with E-state index < -0.39 is 23.3 Å². The minimum absolute atomic E-state index is 0.126. The molecule has 160 valence electrons. The number of nitrogens with one attached hydrogen (secondary N) is 1.